The van der Waals surface area contributed by atoms with E-state index in [0.717, 1.165) is 0 Å². The van der Waals surface area contributed by atoms with Gasteiger partial charge in [0.2, 0.25) is 5.75 Å². The third-order valence-corrected chi connectivity index (χ3v) is 3.62. The summed E-state index contributed by atoms with van der Waals surface area (Å²) in [4.78, 5) is 12.6. The van der Waals surface area contributed by atoms with Gasteiger partial charge in [0.25, 0.3) is 5.91 Å². The van der Waals surface area contributed by atoms with Gasteiger partial charge in [0, 0.05) is 5.56 Å². The van der Waals surface area contributed by atoms with Crippen molar-refractivity contribution in [2.45, 2.75) is 20.8 Å². The smallest absolute Gasteiger partial charge is 0.255 e. The fourth-order valence-corrected chi connectivity index (χ4v) is 2.46. The van der Waals surface area contributed by atoms with Crippen LogP contribution in [-0.4, -0.2) is 25.7 Å². The highest BCUT2D eigenvalue weighted by Crippen LogP contribution is 2.39. The van der Waals surface area contributed by atoms with E-state index in [0.29, 0.717) is 53.3 Å². The minimum absolute atomic E-state index is 0.307. The highest BCUT2D eigenvalue weighted by Gasteiger charge is 2.18. The quantitative estimate of drug-likeness (QED) is 0.732. The Kier molecular flexibility index (Phi) is 6.95. The van der Waals surface area contributed by atoms with Gasteiger partial charge in [0.1, 0.15) is 0 Å². The number of amides is 1. The topological polar surface area (TPSA) is 56.8 Å². The molecule has 6 heteroatoms. The SMILES string of the molecule is CCOc1cc(C(=O)Nc2ccccc2Cl)cc(OCC)c1OCC. The molecule has 0 atom stereocenters. The van der Waals surface area contributed by atoms with Crippen LogP contribution in [0.5, 0.6) is 17.2 Å². The number of halogens is 1. The lowest BCUT2D eigenvalue weighted by Crippen LogP contribution is -2.13. The lowest BCUT2D eigenvalue weighted by atomic mass is 10.1. The van der Waals surface area contributed by atoms with Crippen molar-refractivity contribution < 1.29 is 19.0 Å². The maximum absolute atomic E-state index is 12.6. The van der Waals surface area contributed by atoms with Gasteiger partial charge in [0.15, 0.2) is 11.5 Å². The van der Waals surface area contributed by atoms with E-state index < -0.39 is 0 Å². The second-order valence-electron chi connectivity index (χ2n) is 5.03. The summed E-state index contributed by atoms with van der Waals surface area (Å²) in [6.45, 7) is 6.97. The molecule has 0 radical (unpaired) electrons. The zero-order valence-corrected chi connectivity index (χ0v) is 15.4. The van der Waals surface area contributed by atoms with E-state index in [2.05, 4.69) is 5.32 Å². The normalized spacial score (nSPS) is 10.2. The summed E-state index contributed by atoms with van der Waals surface area (Å²) in [5.74, 6) is 1.14. The van der Waals surface area contributed by atoms with Crippen LogP contribution in [0.15, 0.2) is 36.4 Å². The molecule has 0 aliphatic rings. The third kappa shape index (κ3) is 4.79. The van der Waals surface area contributed by atoms with Gasteiger partial charge in [0.05, 0.1) is 30.5 Å². The molecule has 0 saturated carbocycles. The summed E-state index contributed by atoms with van der Waals surface area (Å²) >= 11 is 6.10. The van der Waals surface area contributed by atoms with Gasteiger partial charge in [-0.05, 0) is 45.0 Å². The lowest BCUT2D eigenvalue weighted by Gasteiger charge is -2.17. The number of para-hydroxylation sites is 1. The van der Waals surface area contributed by atoms with Crippen LogP contribution < -0.4 is 19.5 Å². The Balaban J connectivity index is 2.39. The van der Waals surface area contributed by atoms with Crippen LogP contribution in [0.4, 0.5) is 5.69 Å². The van der Waals surface area contributed by atoms with E-state index in [-0.39, 0.29) is 5.91 Å². The van der Waals surface area contributed by atoms with Crippen LogP contribution in [0.25, 0.3) is 0 Å². The van der Waals surface area contributed by atoms with Crippen LogP contribution in [-0.2, 0) is 0 Å². The molecule has 0 bridgehead atoms. The molecule has 0 aliphatic heterocycles. The molecule has 25 heavy (non-hydrogen) atoms. The van der Waals surface area contributed by atoms with Gasteiger partial charge in [-0.2, -0.15) is 0 Å². The van der Waals surface area contributed by atoms with E-state index in [4.69, 9.17) is 25.8 Å². The van der Waals surface area contributed by atoms with Crippen molar-refractivity contribution in [1.29, 1.82) is 0 Å². The van der Waals surface area contributed by atoms with Crippen molar-refractivity contribution in [2.75, 3.05) is 25.1 Å². The molecule has 2 aromatic carbocycles. The molecule has 0 aromatic heterocycles. The van der Waals surface area contributed by atoms with Crippen molar-refractivity contribution in [3.8, 4) is 17.2 Å². The third-order valence-electron chi connectivity index (χ3n) is 3.29. The van der Waals surface area contributed by atoms with Gasteiger partial charge in [-0.25, -0.2) is 0 Å². The van der Waals surface area contributed by atoms with Crippen molar-refractivity contribution in [3.63, 3.8) is 0 Å². The fourth-order valence-electron chi connectivity index (χ4n) is 2.28. The average Bonchev–Trinajstić information content (AvgIpc) is 2.60. The number of rotatable bonds is 8. The first-order valence-electron chi connectivity index (χ1n) is 8.22. The van der Waals surface area contributed by atoms with Gasteiger partial charge < -0.3 is 19.5 Å². The Morgan fingerprint density at radius 3 is 2.04 bits per heavy atom. The lowest BCUT2D eigenvalue weighted by molar-refractivity contribution is 0.102. The predicted octanol–water partition coefficient (Wildman–Crippen LogP) is 4.79. The van der Waals surface area contributed by atoms with E-state index in [1.807, 2.05) is 20.8 Å². The van der Waals surface area contributed by atoms with E-state index in [1.54, 1.807) is 36.4 Å². The number of benzene rings is 2. The van der Waals surface area contributed by atoms with Crippen LogP contribution in [0, 0.1) is 0 Å². The zero-order chi connectivity index (χ0) is 18.2. The molecule has 0 heterocycles. The molecule has 0 fully saturated rings. The van der Waals surface area contributed by atoms with Crippen molar-refractivity contribution in [3.05, 3.63) is 47.0 Å². The number of carbonyl (C=O) groups is 1. The standard InChI is InChI=1S/C19H22ClNO4/c1-4-23-16-11-13(12-17(24-5-2)18(16)25-6-3)19(22)21-15-10-8-7-9-14(15)20/h7-12H,4-6H2,1-3H3,(H,21,22). The Hall–Kier alpha value is -2.40. The minimum Gasteiger partial charge on any atom is -0.490 e. The maximum Gasteiger partial charge on any atom is 0.255 e. The highest BCUT2D eigenvalue weighted by molar-refractivity contribution is 6.33. The Bertz CT molecular complexity index is 706. The maximum atomic E-state index is 12.6. The fraction of sp³-hybridized carbons (Fsp3) is 0.316. The Morgan fingerprint density at radius 2 is 1.52 bits per heavy atom. The molecule has 1 N–H and O–H groups in total. The second-order valence-corrected chi connectivity index (χ2v) is 5.44. The first-order chi connectivity index (χ1) is 12.1. The van der Waals surface area contributed by atoms with Gasteiger partial charge >= 0.3 is 0 Å². The molecule has 2 aromatic rings. The number of anilines is 1. The molecule has 5 nitrogen and oxygen atoms in total. The molecular formula is C19H22ClNO4. The molecule has 134 valence electrons. The molecular weight excluding hydrogens is 342 g/mol. The second kappa shape index (κ2) is 9.18. The van der Waals surface area contributed by atoms with Crippen LogP contribution in [0.1, 0.15) is 31.1 Å². The Morgan fingerprint density at radius 1 is 0.960 bits per heavy atom. The molecule has 0 unspecified atom stereocenters. The van der Waals surface area contributed by atoms with Crippen LogP contribution in [0.3, 0.4) is 0 Å². The van der Waals surface area contributed by atoms with E-state index in [1.165, 1.54) is 0 Å². The summed E-state index contributed by atoms with van der Waals surface area (Å²) < 4.78 is 16.9. The first kappa shape index (κ1) is 18.9. The van der Waals surface area contributed by atoms with Crippen molar-refractivity contribution >= 4 is 23.2 Å². The van der Waals surface area contributed by atoms with Crippen molar-refractivity contribution in [1.82, 2.24) is 0 Å². The molecule has 0 saturated heterocycles. The first-order valence-corrected chi connectivity index (χ1v) is 8.60. The average molecular weight is 364 g/mol. The van der Waals surface area contributed by atoms with Gasteiger partial charge in [-0.3, -0.25) is 4.79 Å². The number of carbonyl (C=O) groups excluding carboxylic acids is 1. The van der Waals surface area contributed by atoms with E-state index >= 15 is 0 Å². The summed E-state index contributed by atoms with van der Waals surface area (Å²) in [7, 11) is 0. The molecule has 0 aliphatic carbocycles. The van der Waals surface area contributed by atoms with E-state index in [9.17, 15) is 4.79 Å². The van der Waals surface area contributed by atoms with Crippen molar-refractivity contribution in [2.24, 2.45) is 0 Å². The molecule has 0 spiro atoms. The number of hydrogen-bond acceptors (Lipinski definition) is 4. The largest absolute Gasteiger partial charge is 0.490 e. The minimum atomic E-state index is -0.307. The van der Waals surface area contributed by atoms with Crippen LogP contribution in [0.2, 0.25) is 5.02 Å². The van der Waals surface area contributed by atoms with Gasteiger partial charge in [-0.1, -0.05) is 23.7 Å². The summed E-state index contributed by atoms with van der Waals surface area (Å²) in [6, 6.07) is 10.3. The van der Waals surface area contributed by atoms with Gasteiger partial charge in [-0.15, -0.1) is 0 Å². The molecule has 2 rings (SSSR count). The predicted molar refractivity (Wildman–Crippen MR) is 99.4 cm³/mol. The molecule has 1 amide bonds. The Labute approximate surface area is 152 Å². The number of ether oxygens (including phenoxy) is 3. The monoisotopic (exact) mass is 363 g/mol. The highest BCUT2D eigenvalue weighted by atomic mass is 35.5. The zero-order valence-electron chi connectivity index (χ0n) is 14.6. The van der Waals surface area contributed by atoms with Crippen LogP contribution >= 0.6 is 11.6 Å². The number of nitrogens with one attached hydrogen (secondary N) is 1. The number of hydrogen-bond donors (Lipinski definition) is 1. The summed E-state index contributed by atoms with van der Waals surface area (Å²) in [5, 5.41) is 3.26. The summed E-state index contributed by atoms with van der Waals surface area (Å²) in [5.41, 5.74) is 0.939. The summed E-state index contributed by atoms with van der Waals surface area (Å²) in [6.07, 6.45) is 0.